The predicted octanol–water partition coefficient (Wildman–Crippen LogP) is 4.43. The summed E-state index contributed by atoms with van der Waals surface area (Å²) in [6.07, 6.45) is -0.405. The molecule has 0 aliphatic heterocycles. The number of ketones is 1. The maximum absolute atomic E-state index is 13.5. The van der Waals surface area contributed by atoms with E-state index < -0.39 is 41.0 Å². The van der Waals surface area contributed by atoms with E-state index in [-0.39, 0.29) is 10.0 Å². The summed E-state index contributed by atoms with van der Waals surface area (Å²) in [7, 11) is 0. The third-order valence-electron chi connectivity index (χ3n) is 2.67. The Balaban J connectivity index is 2.36. The minimum absolute atomic E-state index is 0.0521. The van der Waals surface area contributed by atoms with E-state index in [9.17, 15) is 22.4 Å². The van der Waals surface area contributed by atoms with Crippen molar-refractivity contribution in [1.29, 1.82) is 0 Å². The first-order valence-electron chi connectivity index (χ1n) is 5.50. The first kappa shape index (κ1) is 14.7. The molecule has 2 aromatic rings. The second-order valence-electron chi connectivity index (χ2n) is 4.06. The van der Waals surface area contributed by atoms with Crippen LogP contribution in [0.2, 0.25) is 0 Å². The van der Waals surface area contributed by atoms with Crippen LogP contribution in [-0.2, 0) is 6.42 Å². The van der Waals surface area contributed by atoms with Gasteiger partial charge in [0.25, 0.3) is 0 Å². The third-order valence-corrected chi connectivity index (χ3v) is 3.56. The van der Waals surface area contributed by atoms with Gasteiger partial charge in [-0.05, 0) is 27.6 Å². The van der Waals surface area contributed by atoms with Crippen LogP contribution in [0.3, 0.4) is 0 Å². The Morgan fingerprint density at radius 1 is 1.00 bits per heavy atom. The Bertz CT molecular complexity index is 662. The first-order valence-corrected chi connectivity index (χ1v) is 6.30. The molecular weight excluding hydrogens is 340 g/mol. The number of benzene rings is 2. The number of hydrogen-bond donors (Lipinski definition) is 0. The van der Waals surface area contributed by atoms with Gasteiger partial charge in [-0.2, -0.15) is 0 Å². The van der Waals surface area contributed by atoms with Gasteiger partial charge in [0.1, 0.15) is 23.3 Å². The Morgan fingerprint density at radius 3 is 2.20 bits per heavy atom. The van der Waals surface area contributed by atoms with Crippen molar-refractivity contribution in [3.63, 3.8) is 0 Å². The minimum Gasteiger partial charge on any atom is -0.294 e. The maximum Gasteiger partial charge on any atom is 0.173 e. The lowest BCUT2D eigenvalue weighted by atomic mass is 10.0. The Kier molecular flexibility index (Phi) is 4.23. The molecule has 6 heteroatoms. The van der Waals surface area contributed by atoms with Crippen LogP contribution < -0.4 is 0 Å². The summed E-state index contributed by atoms with van der Waals surface area (Å²) in [6, 6.07) is 4.86. The van der Waals surface area contributed by atoms with Crippen molar-refractivity contribution in [3.05, 3.63) is 69.2 Å². The van der Waals surface area contributed by atoms with Crippen molar-refractivity contribution in [3.8, 4) is 0 Å². The van der Waals surface area contributed by atoms with Gasteiger partial charge in [-0.1, -0.05) is 12.1 Å². The standard InChI is InChI=1S/C14H7BrF4O/c15-14-7(2-1-3-9(14)17)4-12(20)13-10(18)5-8(16)6-11(13)19/h1-3,5-6H,4H2. The molecule has 2 rings (SSSR count). The Morgan fingerprint density at radius 2 is 1.60 bits per heavy atom. The SMILES string of the molecule is O=C(Cc1cccc(F)c1Br)c1c(F)cc(F)cc1F. The maximum atomic E-state index is 13.5. The molecule has 2 aromatic carbocycles. The summed E-state index contributed by atoms with van der Waals surface area (Å²) in [6.45, 7) is 0. The lowest BCUT2D eigenvalue weighted by Crippen LogP contribution is -2.10. The topological polar surface area (TPSA) is 17.1 Å². The van der Waals surface area contributed by atoms with E-state index in [0.29, 0.717) is 12.1 Å². The highest BCUT2D eigenvalue weighted by atomic mass is 79.9. The monoisotopic (exact) mass is 346 g/mol. The summed E-state index contributed by atoms with van der Waals surface area (Å²) >= 11 is 2.96. The number of halogens is 5. The van der Waals surface area contributed by atoms with Crippen molar-refractivity contribution in [2.45, 2.75) is 6.42 Å². The number of Topliss-reactive ketones (excluding diaryl/α,β-unsaturated/α-hetero) is 1. The molecule has 0 fully saturated rings. The molecule has 0 aliphatic rings. The third kappa shape index (κ3) is 2.90. The van der Waals surface area contributed by atoms with E-state index in [4.69, 9.17) is 0 Å². The molecule has 1 nitrogen and oxygen atoms in total. The molecule has 0 radical (unpaired) electrons. The van der Waals surface area contributed by atoms with Crippen molar-refractivity contribution >= 4 is 21.7 Å². The van der Waals surface area contributed by atoms with Crippen LogP contribution >= 0.6 is 15.9 Å². The zero-order valence-electron chi connectivity index (χ0n) is 9.89. The van der Waals surface area contributed by atoms with Gasteiger partial charge in [0, 0.05) is 18.6 Å². The van der Waals surface area contributed by atoms with Crippen LogP contribution in [0.25, 0.3) is 0 Å². The fourth-order valence-corrected chi connectivity index (χ4v) is 2.16. The highest BCUT2D eigenvalue weighted by Crippen LogP contribution is 2.23. The molecule has 0 saturated heterocycles. The highest BCUT2D eigenvalue weighted by Gasteiger charge is 2.20. The molecule has 0 heterocycles. The predicted molar refractivity (Wildman–Crippen MR) is 68.5 cm³/mol. The molecule has 0 amide bonds. The summed E-state index contributed by atoms with van der Waals surface area (Å²) in [4.78, 5) is 11.9. The van der Waals surface area contributed by atoms with E-state index in [0.717, 1.165) is 0 Å². The molecule has 0 saturated carbocycles. The number of hydrogen-bond acceptors (Lipinski definition) is 1. The van der Waals surface area contributed by atoms with Gasteiger partial charge < -0.3 is 0 Å². The van der Waals surface area contributed by atoms with Crippen molar-refractivity contribution in [2.24, 2.45) is 0 Å². The largest absolute Gasteiger partial charge is 0.294 e. The summed E-state index contributed by atoms with van der Waals surface area (Å²) in [5.41, 5.74) is -0.583. The normalized spacial score (nSPS) is 10.7. The van der Waals surface area contributed by atoms with Crippen molar-refractivity contribution in [2.75, 3.05) is 0 Å². The molecule has 0 spiro atoms. The van der Waals surface area contributed by atoms with Gasteiger partial charge in [0.05, 0.1) is 10.0 Å². The molecule has 0 aromatic heterocycles. The van der Waals surface area contributed by atoms with E-state index in [2.05, 4.69) is 15.9 Å². The Labute approximate surface area is 120 Å². The lowest BCUT2D eigenvalue weighted by molar-refractivity contribution is 0.0984. The summed E-state index contributed by atoms with van der Waals surface area (Å²) < 4.78 is 53.0. The van der Waals surface area contributed by atoms with E-state index in [1.54, 1.807) is 0 Å². The van der Waals surface area contributed by atoms with Gasteiger partial charge in [-0.3, -0.25) is 4.79 Å². The van der Waals surface area contributed by atoms with Gasteiger partial charge in [0.15, 0.2) is 5.78 Å². The zero-order chi connectivity index (χ0) is 14.9. The number of rotatable bonds is 3. The van der Waals surface area contributed by atoms with E-state index >= 15 is 0 Å². The molecule has 0 bridgehead atoms. The van der Waals surface area contributed by atoms with Crippen LogP contribution in [0, 0.1) is 23.3 Å². The van der Waals surface area contributed by atoms with Crippen LogP contribution in [0.4, 0.5) is 17.6 Å². The molecule has 0 aliphatic carbocycles. The number of carbonyl (C=O) groups excluding carboxylic acids is 1. The van der Waals surface area contributed by atoms with Crippen LogP contribution in [-0.4, -0.2) is 5.78 Å². The van der Waals surface area contributed by atoms with E-state index in [1.807, 2.05) is 0 Å². The zero-order valence-corrected chi connectivity index (χ0v) is 11.5. The molecule has 0 N–H and O–H groups in total. The van der Waals surface area contributed by atoms with Gasteiger partial charge in [-0.15, -0.1) is 0 Å². The molecule has 20 heavy (non-hydrogen) atoms. The minimum atomic E-state index is -1.28. The quantitative estimate of drug-likeness (QED) is 0.593. The average Bonchev–Trinajstić information content (AvgIpc) is 2.33. The van der Waals surface area contributed by atoms with Gasteiger partial charge in [-0.25, -0.2) is 17.6 Å². The van der Waals surface area contributed by atoms with Crippen molar-refractivity contribution < 1.29 is 22.4 Å². The Hall–Kier alpha value is -1.69. The lowest BCUT2D eigenvalue weighted by Gasteiger charge is -2.07. The molecule has 0 atom stereocenters. The number of carbonyl (C=O) groups is 1. The van der Waals surface area contributed by atoms with Crippen LogP contribution in [0.15, 0.2) is 34.8 Å². The first-order chi connectivity index (χ1) is 9.40. The molecule has 0 unspecified atom stereocenters. The van der Waals surface area contributed by atoms with Crippen LogP contribution in [0.1, 0.15) is 15.9 Å². The molecule has 104 valence electrons. The second-order valence-corrected chi connectivity index (χ2v) is 4.85. The summed E-state index contributed by atoms with van der Waals surface area (Å²) in [5.74, 6) is -5.15. The fourth-order valence-electron chi connectivity index (χ4n) is 1.75. The fraction of sp³-hybridized carbons (Fsp3) is 0.0714. The smallest absolute Gasteiger partial charge is 0.173 e. The summed E-state index contributed by atoms with van der Waals surface area (Å²) in [5, 5.41) is 0. The van der Waals surface area contributed by atoms with E-state index in [1.165, 1.54) is 18.2 Å². The second kappa shape index (κ2) is 5.75. The average molecular weight is 347 g/mol. The van der Waals surface area contributed by atoms with Crippen molar-refractivity contribution in [1.82, 2.24) is 0 Å². The van der Waals surface area contributed by atoms with Crippen LogP contribution in [0.5, 0.6) is 0 Å². The van der Waals surface area contributed by atoms with Gasteiger partial charge >= 0.3 is 0 Å². The highest BCUT2D eigenvalue weighted by molar-refractivity contribution is 9.10. The molecular formula is C14H7BrF4O. The van der Waals surface area contributed by atoms with Gasteiger partial charge in [0.2, 0.25) is 0 Å².